The van der Waals surface area contributed by atoms with E-state index < -0.39 is 0 Å². The first-order valence-corrected chi connectivity index (χ1v) is 7.80. The van der Waals surface area contributed by atoms with Crippen LogP contribution in [0, 0.1) is 6.92 Å². The van der Waals surface area contributed by atoms with Crippen molar-refractivity contribution in [1.82, 2.24) is 20.1 Å². The van der Waals surface area contributed by atoms with Crippen molar-refractivity contribution < 1.29 is 0 Å². The highest BCUT2D eigenvalue weighted by molar-refractivity contribution is 5.25. The lowest BCUT2D eigenvalue weighted by Gasteiger charge is -2.20. The number of hydrogen-bond acceptors (Lipinski definition) is 3. The first-order chi connectivity index (χ1) is 10.1. The zero-order valence-corrected chi connectivity index (χ0v) is 13.5. The van der Waals surface area contributed by atoms with E-state index in [1.165, 1.54) is 11.1 Å². The van der Waals surface area contributed by atoms with E-state index in [4.69, 9.17) is 0 Å². The molecule has 114 valence electrons. The molecule has 1 heterocycles. The van der Waals surface area contributed by atoms with E-state index in [1.807, 2.05) is 4.68 Å². The van der Waals surface area contributed by atoms with E-state index >= 15 is 0 Å². The molecule has 1 aromatic carbocycles. The predicted molar refractivity (Wildman–Crippen MR) is 86.3 cm³/mol. The summed E-state index contributed by atoms with van der Waals surface area (Å²) in [4.78, 5) is 4.44. The van der Waals surface area contributed by atoms with E-state index in [1.54, 1.807) is 6.33 Å². The average molecular weight is 286 g/mol. The molecule has 0 saturated heterocycles. The van der Waals surface area contributed by atoms with Crippen LogP contribution < -0.4 is 5.32 Å². The van der Waals surface area contributed by atoms with Crippen LogP contribution in [0.4, 0.5) is 0 Å². The van der Waals surface area contributed by atoms with Crippen molar-refractivity contribution in [2.24, 2.45) is 0 Å². The lowest BCUT2D eigenvalue weighted by Crippen LogP contribution is -2.25. The zero-order chi connectivity index (χ0) is 15.2. The molecular weight excluding hydrogens is 260 g/mol. The maximum atomic E-state index is 4.44. The van der Waals surface area contributed by atoms with Gasteiger partial charge in [0.15, 0.2) is 0 Å². The molecule has 2 aromatic rings. The van der Waals surface area contributed by atoms with E-state index in [2.05, 4.69) is 67.4 Å². The molecule has 0 amide bonds. The van der Waals surface area contributed by atoms with Crippen molar-refractivity contribution in [3.63, 3.8) is 0 Å². The molecule has 0 aliphatic rings. The van der Waals surface area contributed by atoms with E-state index in [9.17, 15) is 0 Å². The number of aryl methyl sites for hydroxylation is 1. The first-order valence-electron chi connectivity index (χ1n) is 7.80. The highest BCUT2D eigenvalue weighted by Crippen LogP contribution is 2.19. The molecule has 0 aliphatic heterocycles. The van der Waals surface area contributed by atoms with E-state index in [-0.39, 0.29) is 6.04 Å². The van der Waals surface area contributed by atoms with Crippen LogP contribution in [0.25, 0.3) is 0 Å². The number of nitrogens with zero attached hydrogens (tertiary/aromatic N) is 3. The third-order valence-corrected chi connectivity index (χ3v) is 3.64. The lowest BCUT2D eigenvalue weighted by molar-refractivity contribution is 0.463. The van der Waals surface area contributed by atoms with Crippen LogP contribution in [-0.2, 0) is 6.42 Å². The minimum Gasteiger partial charge on any atom is -0.310 e. The molecule has 0 bridgehead atoms. The smallest absolute Gasteiger partial charge is 0.138 e. The third kappa shape index (κ3) is 4.14. The second-order valence-electron chi connectivity index (χ2n) is 5.84. The quantitative estimate of drug-likeness (QED) is 0.847. The maximum Gasteiger partial charge on any atom is 0.138 e. The van der Waals surface area contributed by atoms with Crippen LogP contribution >= 0.6 is 0 Å². The molecule has 0 aliphatic carbocycles. The summed E-state index contributed by atoms with van der Waals surface area (Å²) >= 11 is 0. The molecule has 21 heavy (non-hydrogen) atoms. The van der Waals surface area contributed by atoms with Crippen LogP contribution in [-0.4, -0.2) is 21.3 Å². The molecule has 4 nitrogen and oxygen atoms in total. The SMILES string of the molecule is CCCNC(Cc1ncnn1C(C)C)c1ccc(C)cc1. The van der Waals surface area contributed by atoms with Crippen molar-refractivity contribution >= 4 is 0 Å². The zero-order valence-electron chi connectivity index (χ0n) is 13.5. The highest BCUT2D eigenvalue weighted by atomic mass is 15.3. The van der Waals surface area contributed by atoms with Crippen LogP contribution in [0.15, 0.2) is 30.6 Å². The van der Waals surface area contributed by atoms with Gasteiger partial charge in [-0.3, -0.25) is 0 Å². The fourth-order valence-corrected chi connectivity index (χ4v) is 2.46. The standard InChI is InChI=1S/C17H26N4/c1-5-10-18-16(15-8-6-14(4)7-9-15)11-17-19-12-20-21(17)13(2)3/h6-9,12-13,16,18H,5,10-11H2,1-4H3. The second kappa shape index (κ2) is 7.36. The molecule has 0 radical (unpaired) electrons. The second-order valence-corrected chi connectivity index (χ2v) is 5.84. The van der Waals surface area contributed by atoms with Gasteiger partial charge in [-0.1, -0.05) is 36.8 Å². The Hall–Kier alpha value is -1.68. The van der Waals surface area contributed by atoms with Gasteiger partial charge in [0, 0.05) is 18.5 Å². The van der Waals surface area contributed by atoms with Gasteiger partial charge in [-0.05, 0) is 39.3 Å². The van der Waals surface area contributed by atoms with Crippen LogP contribution in [0.2, 0.25) is 0 Å². The Labute approximate surface area is 127 Å². The summed E-state index contributed by atoms with van der Waals surface area (Å²) in [5.74, 6) is 1.04. The van der Waals surface area contributed by atoms with Crippen molar-refractivity contribution in [3.8, 4) is 0 Å². The normalized spacial score (nSPS) is 12.8. The predicted octanol–water partition coefficient (Wildman–Crippen LogP) is 3.45. The highest BCUT2D eigenvalue weighted by Gasteiger charge is 2.16. The van der Waals surface area contributed by atoms with Gasteiger partial charge >= 0.3 is 0 Å². The van der Waals surface area contributed by atoms with Gasteiger partial charge in [0.25, 0.3) is 0 Å². The number of nitrogens with one attached hydrogen (secondary N) is 1. The van der Waals surface area contributed by atoms with Crippen molar-refractivity contribution in [2.75, 3.05) is 6.54 Å². The van der Waals surface area contributed by atoms with Crippen LogP contribution in [0.3, 0.4) is 0 Å². The lowest BCUT2D eigenvalue weighted by atomic mass is 10.0. The maximum absolute atomic E-state index is 4.44. The van der Waals surface area contributed by atoms with Gasteiger partial charge in [0.2, 0.25) is 0 Å². The van der Waals surface area contributed by atoms with Gasteiger partial charge in [0.05, 0.1) is 0 Å². The minimum absolute atomic E-state index is 0.284. The molecule has 1 atom stereocenters. The van der Waals surface area contributed by atoms with Gasteiger partial charge in [-0.2, -0.15) is 5.10 Å². The van der Waals surface area contributed by atoms with Crippen molar-refractivity contribution in [3.05, 3.63) is 47.5 Å². The molecule has 2 rings (SSSR count). The van der Waals surface area contributed by atoms with Gasteiger partial charge < -0.3 is 5.32 Å². The van der Waals surface area contributed by atoms with Gasteiger partial charge in [0.1, 0.15) is 12.2 Å². The minimum atomic E-state index is 0.284. The fourth-order valence-electron chi connectivity index (χ4n) is 2.46. The summed E-state index contributed by atoms with van der Waals surface area (Å²) in [7, 11) is 0. The Morgan fingerprint density at radius 1 is 1.19 bits per heavy atom. The number of benzene rings is 1. The van der Waals surface area contributed by atoms with E-state index in [0.717, 1.165) is 25.2 Å². The van der Waals surface area contributed by atoms with Gasteiger partial charge in [-0.15, -0.1) is 0 Å². The Balaban J connectivity index is 2.19. The summed E-state index contributed by atoms with van der Waals surface area (Å²) < 4.78 is 2.01. The van der Waals surface area contributed by atoms with Crippen LogP contribution in [0.1, 0.15) is 56.2 Å². The molecule has 1 N–H and O–H groups in total. The number of hydrogen-bond donors (Lipinski definition) is 1. The summed E-state index contributed by atoms with van der Waals surface area (Å²) in [5.41, 5.74) is 2.60. The van der Waals surface area contributed by atoms with Crippen molar-refractivity contribution in [2.45, 2.75) is 52.6 Å². The fraction of sp³-hybridized carbons (Fsp3) is 0.529. The third-order valence-electron chi connectivity index (χ3n) is 3.64. The Morgan fingerprint density at radius 3 is 2.52 bits per heavy atom. The number of aromatic nitrogens is 3. The summed E-state index contributed by atoms with van der Waals surface area (Å²) in [6.45, 7) is 9.59. The van der Waals surface area contributed by atoms with Gasteiger partial charge in [-0.25, -0.2) is 9.67 Å². The first kappa shape index (κ1) is 15.7. The molecular formula is C17H26N4. The average Bonchev–Trinajstić information content (AvgIpc) is 2.93. The Bertz CT molecular complexity index is 542. The Morgan fingerprint density at radius 2 is 1.90 bits per heavy atom. The molecule has 0 saturated carbocycles. The topological polar surface area (TPSA) is 42.7 Å². The molecule has 0 fully saturated rings. The Kier molecular flexibility index (Phi) is 5.51. The number of rotatable bonds is 7. The monoisotopic (exact) mass is 286 g/mol. The molecule has 1 aromatic heterocycles. The molecule has 1 unspecified atom stereocenters. The summed E-state index contributed by atoms with van der Waals surface area (Å²) in [6, 6.07) is 9.38. The van der Waals surface area contributed by atoms with Crippen LogP contribution in [0.5, 0.6) is 0 Å². The van der Waals surface area contributed by atoms with Crippen molar-refractivity contribution in [1.29, 1.82) is 0 Å². The molecule has 0 spiro atoms. The molecule has 4 heteroatoms. The largest absolute Gasteiger partial charge is 0.310 e. The van der Waals surface area contributed by atoms with E-state index in [0.29, 0.717) is 6.04 Å². The summed E-state index contributed by atoms with van der Waals surface area (Å²) in [5, 5.41) is 7.96. The summed E-state index contributed by atoms with van der Waals surface area (Å²) in [6.07, 6.45) is 3.64.